The van der Waals surface area contributed by atoms with Gasteiger partial charge in [0.15, 0.2) is 0 Å². The van der Waals surface area contributed by atoms with Crippen LogP contribution in [-0.2, 0) is 25.6 Å². The zero-order valence-corrected chi connectivity index (χ0v) is 16.5. The molecule has 0 bridgehead atoms. The fourth-order valence-corrected chi connectivity index (χ4v) is 4.60. The highest BCUT2D eigenvalue weighted by molar-refractivity contribution is 14.1. The summed E-state index contributed by atoms with van der Waals surface area (Å²) < 4.78 is 41.5. The van der Waals surface area contributed by atoms with Gasteiger partial charge in [-0.2, -0.15) is 13.2 Å². The summed E-state index contributed by atoms with van der Waals surface area (Å²) in [6.07, 6.45) is 1.03. The van der Waals surface area contributed by atoms with Gasteiger partial charge in [0, 0.05) is 19.5 Å². The highest BCUT2D eigenvalue weighted by Gasteiger charge is 2.31. The van der Waals surface area contributed by atoms with Crippen LogP contribution in [0.3, 0.4) is 0 Å². The van der Waals surface area contributed by atoms with Crippen LogP contribution in [-0.4, -0.2) is 16.1 Å². The van der Waals surface area contributed by atoms with Crippen LogP contribution in [0.5, 0.6) is 0 Å². The smallest absolute Gasteiger partial charge is 0.328 e. The second-order valence-electron chi connectivity index (χ2n) is 7.24. The lowest BCUT2D eigenvalue weighted by atomic mass is 10.0. The van der Waals surface area contributed by atoms with E-state index in [0.29, 0.717) is 0 Å². The third-order valence-corrected chi connectivity index (χ3v) is 6.06. The molecule has 7 heteroatoms. The first-order valence-corrected chi connectivity index (χ1v) is 10.1. The molecule has 1 fully saturated rings. The first kappa shape index (κ1) is 18.3. The van der Waals surface area contributed by atoms with Crippen molar-refractivity contribution < 1.29 is 13.2 Å². The molecule has 1 atom stereocenters. The lowest BCUT2D eigenvalue weighted by Gasteiger charge is -2.27. The SMILES string of the molecule is FC(F)(F)c1ccc(CCC2NCCn3c(CC4CC4)nc(I)c32)cc1. The van der Waals surface area contributed by atoms with E-state index in [1.807, 2.05) is 0 Å². The molecule has 140 valence electrons. The van der Waals surface area contributed by atoms with E-state index in [0.717, 1.165) is 47.5 Å². The van der Waals surface area contributed by atoms with Crippen LogP contribution in [0.2, 0.25) is 0 Å². The Morgan fingerprint density at radius 1 is 1.19 bits per heavy atom. The third kappa shape index (κ3) is 3.93. The number of nitrogens with one attached hydrogen (secondary N) is 1. The Hall–Kier alpha value is -1.09. The maximum Gasteiger partial charge on any atom is 0.416 e. The molecule has 2 heterocycles. The molecule has 1 N–H and O–H groups in total. The van der Waals surface area contributed by atoms with Crippen molar-refractivity contribution >= 4 is 22.6 Å². The number of fused-ring (bicyclic) bond motifs is 1. The lowest BCUT2D eigenvalue weighted by Crippen LogP contribution is -2.34. The molecule has 0 spiro atoms. The van der Waals surface area contributed by atoms with Crippen molar-refractivity contribution in [3.8, 4) is 0 Å². The summed E-state index contributed by atoms with van der Waals surface area (Å²) in [6, 6.07) is 5.73. The Kier molecular flexibility index (Phi) is 5.02. The Balaban J connectivity index is 1.46. The number of alkyl halides is 3. The number of aromatic nitrogens is 2. The molecule has 0 saturated heterocycles. The van der Waals surface area contributed by atoms with Gasteiger partial charge in [0.2, 0.25) is 0 Å². The average Bonchev–Trinajstić information content (AvgIpc) is 3.36. The summed E-state index contributed by atoms with van der Waals surface area (Å²) in [5.41, 5.74) is 1.60. The summed E-state index contributed by atoms with van der Waals surface area (Å²) >= 11 is 2.32. The van der Waals surface area contributed by atoms with Crippen LogP contribution in [0.15, 0.2) is 24.3 Å². The Morgan fingerprint density at radius 2 is 1.92 bits per heavy atom. The summed E-state index contributed by atoms with van der Waals surface area (Å²) in [4.78, 5) is 4.80. The quantitative estimate of drug-likeness (QED) is 0.634. The molecule has 26 heavy (non-hydrogen) atoms. The normalized spacial score (nSPS) is 20.2. The van der Waals surface area contributed by atoms with Crippen molar-refractivity contribution in [1.29, 1.82) is 0 Å². The predicted octanol–water partition coefficient (Wildman–Crippen LogP) is 4.74. The number of benzene rings is 1. The van der Waals surface area contributed by atoms with E-state index in [9.17, 15) is 13.2 Å². The summed E-state index contributed by atoms with van der Waals surface area (Å²) in [7, 11) is 0. The van der Waals surface area contributed by atoms with Crippen molar-refractivity contribution in [3.05, 3.63) is 50.6 Å². The molecular weight excluding hydrogens is 454 g/mol. The Bertz CT molecular complexity index is 779. The molecule has 2 aliphatic rings. The van der Waals surface area contributed by atoms with Crippen LogP contribution in [0.25, 0.3) is 0 Å². The minimum atomic E-state index is -4.27. The molecule has 0 amide bonds. The second-order valence-corrected chi connectivity index (χ2v) is 8.27. The molecule has 3 nitrogen and oxygen atoms in total. The monoisotopic (exact) mass is 475 g/mol. The lowest BCUT2D eigenvalue weighted by molar-refractivity contribution is -0.137. The number of aryl methyl sites for hydroxylation is 1. The number of rotatable bonds is 5. The van der Waals surface area contributed by atoms with Crippen LogP contribution < -0.4 is 5.32 Å². The molecule has 1 aliphatic carbocycles. The number of imidazole rings is 1. The third-order valence-electron chi connectivity index (χ3n) is 5.27. The number of hydrogen-bond acceptors (Lipinski definition) is 2. The van der Waals surface area contributed by atoms with Crippen LogP contribution in [0, 0.1) is 9.62 Å². The molecule has 1 unspecified atom stereocenters. The van der Waals surface area contributed by atoms with Crippen molar-refractivity contribution in [2.75, 3.05) is 6.54 Å². The van der Waals surface area contributed by atoms with Gasteiger partial charge in [-0.05, 0) is 71.9 Å². The number of nitrogens with zero attached hydrogens (tertiary/aromatic N) is 2. The minimum absolute atomic E-state index is 0.207. The Labute approximate surface area is 164 Å². The van der Waals surface area contributed by atoms with Crippen molar-refractivity contribution in [2.45, 2.75) is 50.9 Å². The second kappa shape index (κ2) is 7.14. The van der Waals surface area contributed by atoms with Gasteiger partial charge in [-0.1, -0.05) is 12.1 Å². The van der Waals surface area contributed by atoms with Gasteiger partial charge in [-0.3, -0.25) is 0 Å². The molecule has 1 aliphatic heterocycles. The number of halogens is 4. The van der Waals surface area contributed by atoms with Gasteiger partial charge in [0.05, 0.1) is 17.3 Å². The predicted molar refractivity (Wildman–Crippen MR) is 102 cm³/mol. The largest absolute Gasteiger partial charge is 0.416 e. The fourth-order valence-electron chi connectivity index (χ4n) is 3.66. The first-order chi connectivity index (χ1) is 12.4. The first-order valence-electron chi connectivity index (χ1n) is 9.06. The van der Waals surface area contributed by atoms with Gasteiger partial charge in [-0.15, -0.1) is 0 Å². The van der Waals surface area contributed by atoms with Gasteiger partial charge in [0.25, 0.3) is 0 Å². The molecule has 2 aromatic rings. The molecule has 1 aromatic heterocycles. The molecular formula is C19H21F3IN3. The summed E-state index contributed by atoms with van der Waals surface area (Å²) in [5.74, 6) is 2.01. The molecule has 0 radical (unpaired) electrons. The standard InChI is InChI=1S/C19H21F3IN3/c20-19(21,22)14-6-3-12(4-7-14)5-8-15-17-18(23)25-16(11-13-1-2-13)26(17)10-9-24-15/h3-4,6-7,13,15,24H,1-2,5,8-11H2. The Morgan fingerprint density at radius 3 is 2.58 bits per heavy atom. The van der Waals surface area contributed by atoms with E-state index < -0.39 is 11.7 Å². The summed E-state index contributed by atoms with van der Waals surface area (Å²) in [5, 5.41) is 3.56. The van der Waals surface area contributed by atoms with E-state index in [1.54, 1.807) is 12.1 Å². The highest BCUT2D eigenvalue weighted by Crippen LogP contribution is 2.35. The molecule has 1 aromatic carbocycles. The zero-order valence-electron chi connectivity index (χ0n) is 14.3. The van der Waals surface area contributed by atoms with Crippen LogP contribution in [0.1, 0.15) is 47.9 Å². The number of hydrogen-bond donors (Lipinski definition) is 1. The van der Waals surface area contributed by atoms with E-state index in [4.69, 9.17) is 4.98 Å². The van der Waals surface area contributed by atoms with Gasteiger partial charge >= 0.3 is 6.18 Å². The van der Waals surface area contributed by atoms with Crippen molar-refractivity contribution in [1.82, 2.24) is 14.9 Å². The van der Waals surface area contributed by atoms with Crippen LogP contribution in [0.4, 0.5) is 13.2 Å². The zero-order chi connectivity index (χ0) is 18.3. The maximum absolute atomic E-state index is 12.7. The topological polar surface area (TPSA) is 29.9 Å². The van der Waals surface area contributed by atoms with Gasteiger partial charge in [-0.25, -0.2) is 4.98 Å². The highest BCUT2D eigenvalue weighted by atomic mass is 127. The summed E-state index contributed by atoms with van der Waals surface area (Å²) in [6.45, 7) is 1.86. The average molecular weight is 475 g/mol. The van der Waals surface area contributed by atoms with Crippen molar-refractivity contribution in [2.24, 2.45) is 5.92 Å². The van der Waals surface area contributed by atoms with E-state index >= 15 is 0 Å². The molecule has 1 saturated carbocycles. The minimum Gasteiger partial charge on any atom is -0.328 e. The molecule has 4 rings (SSSR count). The van der Waals surface area contributed by atoms with Crippen molar-refractivity contribution in [3.63, 3.8) is 0 Å². The van der Waals surface area contributed by atoms with Crippen LogP contribution >= 0.6 is 22.6 Å². The van der Waals surface area contributed by atoms with E-state index in [2.05, 4.69) is 32.5 Å². The van der Waals surface area contributed by atoms with E-state index in [1.165, 1.54) is 36.5 Å². The van der Waals surface area contributed by atoms with Gasteiger partial charge in [0.1, 0.15) is 9.53 Å². The van der Waals surface area contributed by atoms with Gasteiger partial charge < -0.3 is 9.88 Å². The maximum atomic E-state index is 12.7. The van der Waals surface area contributed by atoms with E-state index in [-0.39, 0.29) is 6.04 Å². The fraction of sp³-hybridized carbons (Fsp3) is 0.526.